The quantitative estimate of drug-likeness (QED) is 0.539. The SMILES string of the molecule is C[C@H]1CN(c2cc(Oc3ccc(F)cc3Cl)ncn2)CCN1C(=O)CCc1ccccc1. The molecule has 0 bridgehead atoms. The van der Waals surface area contributed by atoms with Gasteiger partial charge < -0.3 is 14.5 Å². The van der Waals surface area contributed by atoms with Gasteiger partial charge >= 0.3 is 0 Å². The first-order valence-corrected chi connectivity index (χ1v) is 10.9. The molecule has 0 unspecified atom stereocenters. The van der Waals surface area contributed by atoms with Crippen LogP contribution in [-0.2, 0) is 11.2 Å². The van der Waals surface area contributed by atoms with Crippen LogP contribution < -0.4 is 9.64 Å². The van der Waals surface area contributed by atoms with Gasteiger partial charge in [-0.15, -0.1) is 0 Å². The third kappa shape index (κ3) is 5.34. The van der Waals surface area contributed by atoms with Gasteiger partial charge in [0.1, 0.15) is 23.7 Å². The molecule has 0 saturated carbocycles. The third-order valence-electron chi connectivity index (χ3n) is 5.48. The Morgan fingerprint density at radius 3 is 2.72 bits per heavy atom. The van der Waals surface area contributed by atoms with E-state index in [4.69, 9.17) is 16.3 Å². The second-order valence-corrected chi connectivity index (χ2v) is 8.17. The Kier molecular flexibility index (Phi) is 6.85. The summed E-state index contributed by atoms with van der Waals surface area (Å²) in [5.74, 6) is 1.07. The van der Waals surface area contributed by atoms with Gasteiger partial charge in [-0.2, -0.15) is 0 Å². The maximum Gasteiger partial charge on any atom is 0.224 e. The highest BCUT2D eigenvalue weighted by Crippen LogP contribution is 2.30. The van der Waals surface area contributed by atoms with Gasteiger partial charge in [-0.25, -0.2) is 14.4 Å². The van der Waals surface area contributed by atoms with Crippen molar-refractivity contribution in [2.24, 2.45) is 0 Å². The van der Waals surface area contributed by atoms with Crippen molar-refractivity contribution in [3.63, 3.8) is 0 Å². The zero-order chi connectivity index (χ0) is 22.5. The summed E-state index contributed by atoms with van der Waals surface area (Å²) in [5, 5.41) is 0.168. The zero-order valence-corrected chi connectivity index (χ0v) is 18.5. The van der Waals surface area contributed by atoms with Crippen LogP contribution in [0.1, 0.15) is 18.9 Å². The molecule has 8 heteroatoms. The fourth-order valence-electron chi connectivity index (χ4n) is 3.81. The molecule has 1 aliphatic heterocycles. The second-order valence-electron chi connectivity index (χ2n) is 7.76. The van der Waals surface area contributed by atoms with Gasteiger partial charge in [0.25, 0.3) is 0 Å². The fourth-order valence-corrected chi connectivity index (χ4v) is 4.01. The van der Waals surface area contributed by atoms with Gasteiger partial charge in [-0.05, 0) is 37.1 Å². The molecule has 1 amide bonds. The number of piperazine rings is 1. The predicted molar refractivity (Wildman–Crippen MR) is 122 cm³/mol. The summed E-state index contributed by atoms with van der Waals surface area (Å²) in [6.07, 6.45) is 2.66. The molecule has 0 radical (unpaired) electrons. The number of anilines is 1. The monoisotopic (exact) mass is 454 g/mol. The summed E-state index contributed by atoms with van der Waals surface area (Å²) >= 11 is 6.04. The first kappa shape index (κ1) is 22.0. The molecular formula is C24H24ClFN4O2. The van der Waals surface area contributed by atoms with Crippen LogP contribution in [0.15, 0.2) is 60.9 Å². The topological polar surface area (TPSA) is 58.6 Å². The number of carbonyl (C=O) groups is 1. The number of halogens is 2. The molecule has 1 aromatic heterocycles. The van der Waals surface area contributed by atoms with Crippen LogP contribution >= 0.6 is 11.6 Å². The Bertz CT molecular complexity index is 1080. The second kappa shape index (κ2) is 9.96. The van der Waals surface area contributed by atoms with Gasteiger partial charge in [0.2, 0.25) is 11.8 Å². The molecule has 1 atom stereocenters. The highest BCUT2D eigenvalue weighted by molar-refractivity contribution is 6.32. The van der Waals surface area contributed by atoms with Crippen molar-refractivity contribution >= 4 is 23.3 Å². The van der Waals surface area contributed by atoms with Crippen molar-refractivity contribution < 1.29 is 13.9 Å². The molecule has 0 aliphatic carbocycles. The molecule has 32 heavy (non-hydrogen) atoms. The molecule has 2 heterocycles. The fraction of sp³-hybridized carbons (Fsp3) is 0.292. The van der Waals surface area contributed by atoms with Crippen LogP contribution in [0.25, 0.3) is 0 Å². The van der Waals surface area contributed by atoms with Crippen molar-refractivity contribution in [1.82, 2.24) is 14.9 Å². The van der Waals surface area contributed by atoms with E-state index in [0.29, 0.717) is 43.5 Å². The number of rotatable bonds is 6. The van der Waals surface area contributed by atoms with E-state index in [0.717, 1.165) is 6.42 Å². The van der Waals surface area contributed by atoms with E-state index in [9.17, 15) is 9.18 Å². The zero-order valence-electron chi connectivity index (χ0n) is 17.7. The number of hydrogen-bond donors (Lipinski definition) is 0. The van der Waals surface area contributed by atoms with E-state index in [2.05, 4.69) is 14.9 Å². The Morgan fingerprint density at radius 1 is 1.16 bits per heavy atom. The molecular weight excluding hydrogens is 431 g/mol. The molecule has 0 spiro atoms. The molecule has 3 aromatic rings. The van der Waals surface area contributed by atoms with E-state index in [1.54, 1.807) is 6.07 Å². The summed E-state index contributed by atoms with van der Waals surface area (Å²) < 4.78 is 19.0. The van der Waals surface area contributed by atoms with Gasteiger partial charge in [0, 0.05) is 38.2 Å². The van der Waals surface area contributed by atoms with E-state index in [1.165, 1.54) is 30.1 Å². The molecule has 6 nitrogen and oxygen atoms in total. The number of hydrogen-bond acceptors (Lipinski definition) is 5. The highest BCUT2D eigenvalue weighted by atomic mass is 35.5. The number of benzene rings is 2. The molecule has 0 N–H and O–H groups in total. The minimum Gasteiger partial charge on any atom is -0.437 e. The van der Waals surface area contributed by atoms with E-state index in [1.807, 2.05) is 42.2 Å². The summed E-state index contributed by atoms with van der Waals surface area (Å²) in [4.78, 5) is 25.3. The first-order valence-electron chi connectivity index (χ1n) is 10.5. The molecule has 1 fully saturated rings. The lowest BCUT2D eigenvalue weighted by atomic mass is 10.1. The van der Waals surface area contributed by atoms with E-state index in [-0.39, 0.29) is 17.0 Å². The number of aryl methyl sites for hydroxylation is 1. The summed E-state index contributed by atoms with van der Waals surface area (Å²) in [5.41, 5.74) is 1.17. The van der Waals surface area contributed by atoms with E-state index < -0.39 is 5.82 Å². The molecule has 2 aromatic carbocycles. The lowest BCUT2D eigenvalue weighted by Gasteiger charge is -2.40. The van der Waals surface area contributed by atoms with Gasteiger partial charge in [-0.3, -0.25) is 4.79 Å². The van der Waals surface area contributed by atoms with Crippen LogP contribution in [0, 0.1) is 5.82 Å². The number of amides is 1. The van der Waals surface area contributed by atoms with E-state index >= 15 is 0 Å². The molecule has 1 saturated heterocycles. The van der Waals surface area contributed by atoms with Crippen LogP contribution in [0.5, 0.6) is 11.6 Å². The maximum absolute atomic E-state index is 13.3. The average molecular weight is 455 g/mol. The highest BCUT2D eigenvalue weighted by Gasteiger charge is 2.28. The van der Waals surface area contributed by atoms with Gasteiger partial charge in [-0.1, -0.05) is 41.9 Å². The number of nitrogens with zero attached hydrogens (tertiary/aromatic N) is 4. The number of carbonyl (C=O) groups excluding carboxylic acids is 1. The summed E-state index contributed by atoms with van der Waals surface area (Å²) in [6.45, 7) is 3.99. The van der Waals surface area contributed by atoms with Crippen molar-refractivity contribution in [3.8, 4) is 11.6 Å². The molecule has 166 valence electrons. The molecule has 1 aliphatic rings. The Morgan fingerprint density at radius 2 is 1.97 bits per heavy atom. The summed E-state index contributed by atoms with van der Waals surface area (Å²) in [6, 6.07) is 15.7. The normalized spacial score (nSPS) is 16.2. The van der Waals surface area contributed by atoms with Crippen LogP contribution in [0.2, 0.25) is 5.02 Å². The van der Waals surface area contributed by atoms with Gasteiger partial charge in [0.15, 0.2) is 0 Å². The van der Waals surface area contributed by atoms with Crippen LogP contribution in [0.4, 0.5) is 10.2 Å². The minimum absolute atomic E-state index is 0.0536. The Labute approximate surface area is 191 Å². The molecule has 4 rings (SSSR count). The van der Waals surface area contributed by atoms with Crippen molar-refractivity contribution in [3.05, 3.63) is 77.3 Å². The van der Waals surface area contributed by atoms with Crippen molar-refractivity contribution in [2.75, 3.05) is 24.5 Å². The standard InChI is InChI=1S/C24H24ClFN4O2/c1-17-15-29(11-12-30(17)24(31)10-7-18-5-3-2-4-6-18)22-14-23(28-16-27-22)32-21-9-8-19(26)13-20(21)25/h2-6,8-9,13-14,16-17H,7,10-12,15H2,1H3/t17-/m0/s1. The Hall–Kier alpha value is -3.19. The predicted octanol–water partition coefficient (Wildman–Crippen LogP) is 4.73. The number of ether oxygens (including phenoxy) is 1. The minimum atomic E-state index is -0.434. The third-order valence-corrected chi connectivity index (χ3v) is 5.77. The Balaban J connectivity index is 1.36. The largest absolute Gasteiger partial charge is 0.437 e. The van der Waals surface area contributed by atoms with Crippen molar-refractivity contribution in [1.29, 1.82) is 0 Å². The smallest absolute Gasteiger partial charge is 0.224 e. The van der Waals surface area contributed by atoms with Crippen LogP contribution in [0.3, 0.4) is 0 Å². The van der Waals surface area contributed by atoms with Crippen molar-refractivity contribution in [2.45, 2.75) is 25.8 Å². The van der Waals surface area contributed by atoms with Gasteiger partial charge in [0.05, 0.1) is 5.02 Å². The summed E-state index contributed by atoms with van der Waals surface area (Å²) in [7, 11) is 0. The lowest BCUT2D eigenvalue weighted by Crippen LogP contribution is -2.54. The maximum atomic E-state index is 13.3. The average Bonchev–Trinajstić information content (AvgIpc) is 2.80. The first-order chi connectivity index (χ1) is 15.5. The lowest BCUT2D eigenvalue weighted by molar-refractivity contribution is -0.133. The van der Waals surface area contributed by atoms with Crippen LogP contribution in [-0.4, -0.2) is 46.5 Å². The number of aromatic nitrogens is 2.